The van der Waals surface area contributed by atoms with Gasteiger partial charge in [0.2, 0.25) is 0 Å². The third-order valence-corrected chi connectivity index (χ3v) is 2.88. The lowest BCUT2D eigenvalue weighted by Crippen LogP contribution is -1.99. The zero-order valence-electron chi connectivity index (χ0n) is 7.08. The van der Waals surface area contributed by atoms with Crippen LogP contribution in [0.3, 0.4) is 0 Å². The molecule has 1 rings (SSSR count). The van der Waals surface area contributed by atoms with Gasteiger partial charge in [0.15, 0.2) is 5.16 Å². The number of hydrogen-bond donors (Lipinski definition) is 2. The normalized spacial score (nSPS) is 11.7. The van der Waals surface area contributed by atoms with Crippen molar-refractivity contribution in [3.05, 3.63) is 16.6 Å². The van der Waals surface area contributed by atoms with Gasteiger partial charge in [0.1, 0.15) is 11.6 Å². The molecule has 0 aromatic carbocycles. The molecule has 0 unspecified atom stereocenters. The Morgan fingerprint density at radius 1 is 1.43 bits per heavy atom. The fourth-order valence-electron chi connectivity index (χ4n) is 0.691. The molecule has 4 nitrogen and oxygen atoms in total. The van der Waals surface area contributed by atoms with Crippen LogP contribution in [0.1, 0.15) is 0 Å². The first kappa shape index (κ1) is 11.4. The monoisotopic (exact) mass is 250 g/mol. The molecule has 0 fully saturated rings. The molecule has 7 heteroatoms. The summed E-state index contributed by atoms with van der Waals surface area (Å²) in [5.41, 5.74) is 12.3. The first-order chi connectivity index (χ1) is 6.61. The van der Waals surface area contributed by atoms with Crippen molar-refractivity contribution in [1.82, 2.24) is 9.97 Å². The average Bonchev–Trinajstić information content (AvgIpc) is 2.12. The minimum absolute atomic E-state index is 0.339. The molecule has 0 spiro atoms. The Kier molecular flexibility index (Phi) is 4.31. The topological polar surface area (TPSA) is 77.8 Å². The van der Waals surface area contributed by atoms with Gasteiger partial charge in [-0.05, 0) is 0 Å². The van der Waals surface area contributed by atoms with Crippen molar-refractivity contribution in [3.63, 3.8) is 0 Å². The molecule has 14 heavy (non-hydrogen) atoms. The summed E-state index contributed by atoms with van der Waals surface area (Å²) in [4.78, 5) is 7.92. The van der Waals surface area contributed by atoms with Crippen LogP contribution < -0.4 is 11.5 Å². The first-order valence-electron chi connectivity index (χ1n) is 3.59. The van der Waals surface area contributed by atoms with Crippen LogP contribution in [-0.2, 0) is 0 Å². The molecular weight excluding hydrogens is 243 g/mol. The summed E-state index contributed by atoms with van der Waals surface area (Å²) in [7, 11) is 0. The van der Waals surface area contributed by atoms with Crippen molar-refractivity contribution >= 4 is 46.6 Å². The zero-order chi connectivity index (χ0) is 10.6. The van der Waals surface area contributed by atoms with E-state index in [0.29, 0.717) is 27.6 Å². The number of hydrogen-bond acceptors (Lipinski definition) is 5. The maximum absolute atomic E-state index is 5.69. The van der Waals surface area contributed by atoms with Crippen molar-refractivity contribution in [1.29, 1.82) is 0 Å². The second-order valence-electron chi connectivity index (χ2n) is 2.34. The molecule has 1 heterocycles. The Bertz CT molecular complexity index is 335. The van der Waals surface area contributed by atoms with Crippen LogP contribution in [0.5, 0.6) is 0 Å². The smallest absolute Gasteiger partial charge is 0.191 e. The first-order valence-corrected chi connectivity index (χ1v) is 5.39. The van der Waals surface area contributed by atoms with E-state index in [-0.39, 0.29) is 0 Å². The van der Waals surface area contributed by atoms with Gasteiger partial charge in [0.25, 0.3) is 0 Å². The Hall–Kier alpha value is -0.650. The molecule has 0 saturated carbocycles. The highest BCUT2D eigenvalue weighted by Gasteiger charge is 2.02. The van der Waals surface area contributed by atoms with Gasteiger partial charge in [-0.15, -0.1) is 0 Å². The van der Waals surface area contributed by atoms with Crippen molar-refractivity contribution in [2.45, 2.75) is 5.16 Å². The highest BCUT2D eigenvalue weighted by Crippen LogP contribution is 2.20. The summed E-state index contributed by atoms with van der Waals surface area (Å²) in [5, 5.41) is 1.00. The number of thioether (sulfide) groups is 1. The lowest BCUT2D eigenvalue weighted by molar-refractivity contribution is 0.986. The Labute approximate surface area is 95.7 Å². The number of halogens is 2. The van der Waals surface area contributed by atoms with Gasteiger partial charge in [-0.3, -0.25) is 0 Å². The van der Waals surface area contributed by atoms with E-state index >= 15 is 0 Å². The molecule has 0 amide bonds. The van der Waals surface area contributed by atoms with Crippen LogP contribution in [-0.4, -0.2) is 15.7 Å². The van der Waals surface area contributed by atoms with Crippen LogP contribution >= 0.6 is 35.0 Å². The largest absolute Gasteiger partial charge is 0.383 e. The van der Waals surface area contributed by atoms with Gasteiger partial charge in [0, 0.05) is 22.4 Å². The second kappa shape index (κ2) is 5.29. The Balaban J connectivity index is 2.67. The highest BCUT2D eigenvalue weighted by molar-refractivity contribution is 7.99. The van der Waals surface area contributed by atoms with E-state index in [2.05, 4.69) is 9.97 Å². The second-order valence-corrected chi connectivity index (χ2v) is 3.99. The molecular formula is C7H8Cl2N4S. The maximum atomic E-state index is 5.69. The van der Waals surface area contributed by atoms with Gasteiger partial charge in [-0.1, -0.05) is 35.0 Å². The van der Waals surface area contributed by atoms with Crippen molar-refractivity contribution < 1.29 is 0 Å². The number of aromatic nitrogens is 2. The molecule has 1 aromatic heterocycles. The number of nitrogens with zero attached hydrogens (tertiary/aromatic N) is 2. The summed E-state index contributed by atoms with van der Waals surface area (Å²) >= 11 is 12.4. The number of anilines is 2. The highest BCUT2D eigenvalue weighted by atomic mass is 35.5. The number of rotatable bonds is 3. The van der Waals surface area contributed by atoms with E-state index in [1.165, 1.54) is 23.4 Å². The molecule has 0 bridgehead atoms. The van der Waals surface area contributed by atoms with Gasteiger partial charge in [-0.2, -0.15) is 0 Å². The number of nitrogen functional groups attached to an aromatic ring is 2. The SMILES string of the molecule is Nc1cc(N)nc(SCC(Cl)=CCl)n1. The van der Waals surface area contributed by atoms with E-state index < -0.39 is 0 Å². The summed E-state index contributed by atoms with van der Waals surface area (Å²) < 4.78 is 0. The fourth-order valence-corrected chi connectivity index (χ4v) is 1.71. The third kappa shape index (κ3) is 3.61. The predicted octanol–water partition coefficient (Wildman–Crippen LogP) is 2.05. The van der Waals surface area contributed by atoms with Gasteiger partial charge in [0.05, 0.1) is 0 Å². The Morgan fingerprint density at radius 2 is 2.00 bits per heavy atom. The van der Waals surface area contributed by atoms with E-state index in [9.17, 15) is 0 Å². The van der Waals surface area contributed by atoms with Crippen LogP contribution in [0.4, 0.5) is 11.6 Å². The van der Waals surface area contributed by atoms with Crippen molar-refractivity contribution in [2.75, 3.05) is 17.2 Å². The predicted molar refractivity (Wildman–Crippen MR) is 61.4 cm³/mol. The molecule has 1 aromatic rings. The van der Waals surface area contributed by atoms with E-state index in [1.807, 2.05) is 0 Å². The summed E-state index contributed by atoms with van der Waals surface area (Å²) in [6.07, 6.45) is 0. The number of nitrogens with two attached hydrogens (primary N) is 2. The maximum Gasteiger partial charge on any atom is 0.191 e. The summed E-state index contributed by atoms with van der Waals surface area (Å²) in [6, 6.07) is 1.49. The van der Waals surface area contributed by atoms with Crippen LogP contribution in [0, 0.1) is 0 Å². The molecule has 4 N–H and O–H groups in total. The molecule has 0 aliphatic heterocycles. The van der Waals surface area contributed by atoms with Crippen molar-refractivity contribution in [3.8, 4) is 0 Å². The van der Waals surface area contributed by atoms with Crippen LogP contribution in [0.25, 0.3) is 0 Å². The minimum Gasteiger partial charge on any atom is -0.383 e. The van der Waals surface area contributed by atoms with E-state index in [0.717, 1.165) is 0 Å². The Morgan fingerprint density at radius 3 is 2.50 bits per heavy atom. The van der Waals surface area contributed by atoms with E-state index in [1.54, 1.807) is 0 Å². The minimum atomic E-state index is 0.339. The zero-order valence-corrected chi connectivity index (χ0v) is 9.40. The fraction of sp³-hybridized carbons (Fsp3) is 0.143. The molecule has 0 aliphatic rings. The average molecular weight is 251 g/mol. The lowest BCUT2D eigenvalue weighted by Gasteiger charge is -2.01. The van der Waals surface area contributed by atoms with Crippen LogP contribution in [0.15, 0.2) is 21.8 Å². The van der Waals surface area contributed by atoms with Gasteiger partial charge >= 0.3 is 0 Å². The molecule has 76 valence electrons. The molecule has 0 radical (unpaired) electrons. The molecule has 0 aliphatic carbocycles. The summed E-state index contributed by atoms with van der Waals surface area (Å²) in [5.74, 6) is 1.17. The summed E-state index contributed by atoms with van der Waals surface area (Å²) in [6.45, 7) is 0. The van der Waals surface area contributed by atoms with Crippen LogP contribution in [0.2, 0.25) is 0 Å². The third-order valence-electron chi connectivity index (χ3n) is 1.20. The molecule has 0 saturated heterocycles. The van der Waals surface area contributed by atoms with E-state index in [4.69, 9.17) is 34.7 Å². The standard InChI is InChI=1S/C7H8Cl2N4S/c8-2-4(9)3-14-7-12-5(10)1-6(11)13-7/h1-2H,3H2,(H4,10,11,12,13). The lowest BCUT2D eigenvalue weighted by atomic mass is 10.5. The quantitative estimate of drug-likeness (QED) is 0.635. The van der Waals surface area contributed by atoms with Gasteiger partial charge < -0.3 is 11.5 Å². The van der Waals surface area contributed by atoms with Crippen molar-refractivity contribution in [2.24, 2.45) is 0 Å². The van der Waals surface area contributed by atoms with Gasteiger partial charge in [-0.25, -0.2) is 9.97 Å². The molecule has 0 atom stereocenters.